The topological polar surface area (TPSA) is 39.4 Å². The van der Waals surface area contributed by atoms with Crippen molar-refractivity contribution in [3.8, 4) is 5.75 Å². The smallest absolute Gasteiger partial charge is 0.336 e. The van der Waals surface area contributed by atoms with Gasteiger partial charge in [0, 0.05) is 17.0 Å². The molecule has 0 aliphatic heterocycles. The van der Waals surface area contributed by atoms with Gasteiger partial charge >= 0.3 is 5.63 Å². The van der Waals surface area contributed by atoms with E-state index in [2.05, 4.69) is 6.92 Å². The standard InChI is InChI=1S/C19H24O3/c1-5-6-7-15-12-18(20)22-19-14(4)17(9-8-16(15)19)21-11-10-13(2)3/h8-10,12H,5-7,11H2,1-4H3. The summed E-state index contributed by atoms with van der Waals surface area (Å²) in [5.41, 5.74) is 3.52. The van der Waals surface area contributed by atoms with E-state index in [-0.39, 0.29) is 5.63 Å². The molecule has 3 heteroatoms. The summed E-state index contributed by atoms with van der Waals surface area (Å²) >= 11 is 0. The molecule has 2 rings (SSSR count). The van der Waals surface area contributed by atoms with Gasteiger partial charge in [-0.3, -0.25) is 0 Å². The van der Waals surface area contributed by atoms with Crippen molar-refractivity contribution in [2.24, 2.45) is 0 Å². The lowest BCUT2D eigenvalue weighted by molar-refractivity contribution is 0.359. The maximum Gasteiger partial charge on any atom is 0.336 e. The highest BCUT2D eigenvalue weighted by atomic mass is 16.5. The second kappa shape index (κ2) is 7.30. The molecule has 0 saturated carbocycles. The number of aryl methyl sites for hydroxylation is 2. The fourth-order valence-corrected chi connectivity index (χ4v) is 2.44. The van der Waals surface area contributed by atoms with E-state index >= 15 is 0 Å². The molecule has 0 aliphatic carbocycles. The van der Waals surface area contributed by atoms with Gasteiger partial charge in [-0.1, -0.05) is 18.9 Å². The minimum atomic E-state index is -0.289. The van der Waals surface area contributed by atoms with Gasteiger partial charge in [-0.15, -0.1) is 0 Å². The number of rotatable bonds is 6. The Morgan fingerprint density at radius 2 is 2.09 bits per heavy atom. The van der Waals surface area contributed by atoms with Gasteiger partial charge in [0.05, 0.1) is 0 Å². The molecule has 0 spiro atoms. The van der Waals surface area contributed by atoms with Crippen LogP contribution in [-0.2, 0) is 6.42 Å². The molecule has 0 amide bonds. The summed E-state index contributed by atoms with van der Waals surface area (Å²) in [6.07, 6.45) is 5.09. The van der Waals surface area contributed by atoms with Crippen LogP contribution in [0.15, 0.2) is 39.1 Å². The predicted molar refractivity (Wildman–Crippen MR) is 90.8 cm³/mol. The molecule has 1 aromatic carbocycles. The monoisotopic (exact) mass is 300 g/mol. The third kappa shape index (κ3) is 3.79. The van der Waals surface area contributed by atoms with Crippen molar-refractivity contribution in [3.05, 3.63) is 51.4 Å². The van der Waals surface area contributed by atoms with Crippen LogP contribution in [0.1, 0.15) is 44.7 Å². The maximum absolute atomic E-state index is 11.8. The van der Waals surface area contributed by atoms with E-state index in [0.717, 1.165) is 41.5 Å². The second-order valence-electron chi connectivity index (χ2n) is 5.85. The Kier molecular flexibility index (Phi) is 5.42. The van der Waals surface area contributed by atoms with Gasteiger partial charge in [0.15, 0.2) is 0 Å². The number of ether oxygens (including phenoxy) is 1. The normalized spacial score (nSPS) is 10.7. The Morgan fingerprint density at radius 3 is 2.77 bits per heavy atom. The third-order valence-electron chi connectivity index (χ3n) is 3.73. The largest absolute Gasteiger partial charge is 0.489 e. The molecule has 0 atom stereocenters. The van der Waals surface area contributed by atoms with Crippen LogP contribution in [0.5, 0.6) is 5.75 Å². The molecule has 0 N–H and O–H groups in total. The van der Waals surface area contributed by atoms with Gasteiger partial charge in [-0.05, 0) is 57.4 Å². The van der Waals surface area contributed by atoms with E-state index < -0.39 is 0 Å². The molecule has 0 saturated heterocycles. The van der Waals surface area contributed by atoms with E-state index in [0.29, 0.717) is 12.2 Å². The van der Waals surface area contributed by atoms with Crippen molar-refractivity contribution in [1.29, 1.82) is 0 Å². The molecule has 0 fully saturated rings. The van der Waals surface area contributed by atoms with Gasteiger partial charge in [0.1, 0.15) is 17.9 Å². The molecule has 0 aliphatic rings. The lowest BCUT2D eigenvalue weighted by Crippen LogP contribution is -2.03. The lowest BCUT2D eigenvalue weighted by Gasteiger charge is -2.11. The number of allylic oxidation sites excluding steroid dienone is 1. The maximum atomic E-state index is 11.8. The first kappa shape index (κ1) is 16.3. The van der Waals surface area contributed by atoms with Gasteiger partial charge in [-0.2, -0.15) is 0 Å². The average Bonchev–Trinajstić information content (AvgIpc) is 2.47. The van der Waals surface area contributed by atoms with Crippen LogP contribution in [-0.4, -0.2) is 6.61 Å². The summed E-state index contributed by atoms with van der Waals surface area (Å²) in [6, 6.07) is 5.57. The van der Waals surface area contributed by atoms with Gasteiger partial charge in [-0.25, -0.2) is 4.79 Å². The number of benzene rings is 1. The Hall–Kier alpha value is -2.03. The molecule has 1 heterocycles. The third-order valence-corrected chi connectivity index (χ3v) is 3.73. The summed E-state index contributed by atoms with van der Waals surface area (Å²) < 4.78 is 11.2. The fraction of sp³-hybridized carbons (Fsp3) is 0.421. The Bertz CT molecular complexity index is 734. The summed E-state index contributed by atoms with van der Waals surface area (Å²) in [4.78, 5) is 11.8. The van der Waals surface area contributed by atoms with E-state index in [9.17, 15) is 4.79 Å². The van der Waals surface area contributed by atoms with Crippen molar-refractivity contribution in [1.82, 2.24) is 0 Å². The van der Waals surface area contributed by atoms with Crippen LogP contribution in [0, 0.1) is 6.92 Å². The molecule has 118 valence electrons. The number of hydrogen-bond donors (Lipinski definition) is 0. The van der Waals surface area contributed by atoms with Gasteiger partial charge in [0.25, 0.3) is 0 Å². The first-order valence-corrected chi connectivity index (χ1v) is 7.85. The average molecular weight is 300 g/mol. The molecular formula is C19H24O3. The van der Waals surface area contributed by atoms with Gasteiger partial charge in [0.2, 0.25) is 0 Å². The summed E-state index contributed by atoms with van der Waals surface area (Å²) in [6.45, 7) is 8.68. The quantitative estimate of drug-likeness (QED) is 0.569. The van der Waals surface area contributed by atoms with Crippen molar-refractivity contribution in [2.75, 3.05) is 6.61 Å². The fourth-order valence-electron chi connectivity index (χ4n) is 2.44. The molecule has 0 unspecified atom stereocenters. The van der Waals surface area contributed by atoms with Crippen LogP contribution < -0.4 is 10.4 Å². The molecule has 0 bridgehead atoms. The highest BCUT2D eigenvalue weighted by molar-refractivity contribution is 5.84. The van der Waals surface area contributed by atoms with Crippen LogP contribution in [0.4, 0.5) is 0 Å². The SMILES string of the molecule is CCCCc1cc(=O)oc2c(C)c(OCC=C(C)C)ccc12. The zero-order valence-electron chi connectivity index (χ0n) is 13.9. The Morgan fingerprint density at radius 1 is 1.32 bits per heavy atom. The minimum Gasteiger partial charge on any atom is -0.489 e. The summed E-state index contributed by atoms with van der Waals surface area (Å²) in [5.74, 6) is 0.765. The van der Waals surface area contributed by atoms with Crippen molar-refractivity contribution in [3.63, 3.8) is 0 Å². The van der Waals surface area contributed by atoms with Crippen molar-refractivity contribution < 1.29 is 9.15 Å². The molecule has 22 heavy (non-hydrogen) atoms. The van der Waals surface area contributed by atoms with Crippen LogP contribution >= 0.6 is 0 Å². The van der Waals surface area contributed by atoms with Crippen LogP contribution in [0.2, 0.25) is 0 Å². The zero-order valence-corrected chi connectivity index (χ0v) is 13.9. The molecule has 0 radical (unpaired) electrons. The minimum absolute atomic E-state index is 0.289. The Balaban J connectivity index is 2.42. The molecular weight excluding hydrogens is 276 g/mol. The van der Waals surface area contributed by atoms with Crippen LogP contribution in [0.3, 0.4) is 0 Å². The first-order valence-electron chi connectivity index (χ1n) is 7.85. The van der Waals surface area contributed by atoms with Crippen molar-refractivity contribution >= 4 is 11.0 Å². The van der Waals surface area contributed by atoms with E-state index in [1.54, 1.807) is 6.07 Å². The molecule has 3 nitrogen and oxygen atoms in total. The predicted octanol–water partition coefficient (Wildman–Crippen LogP) is 4.79. The van der Waals surface area contributed by atoms with E-state index in [4.69, 9.17) is 9.15 Å². The number of fused-ring (bicyclic) bond motifs is 1. The molecule has 2 aromatic rings. The number of unbranched alkanes of at least 4 members (excludes halogenated alkanes) is 1. The lowest BCUT2D eigenvalue weighted by atomic mass is 10.0. The molecule has 1 aromatic heterocycles. The van der Waals surface area contributed by atoms with E-state index in [1.165, 1.54) is 5.57 Å². The summed E-state index contributed by atoms with van der Waals surface area (Å²) in [5, 5.41) is 1.01. The zero-order chi connectivity index (χ0) is 16.1. The van der Waals surface area contributed by atoms with Crippen LogP contribution in [0.25, 0.3) is 11.0 Å². The van der Waals surface area contributed by atoms with Gasteiger partial charge < -0.3 is 9.15 Å². The highest BCUT2D eigenvalue weighted by Gasteiger charge is 2.11. The highest BCUT2D eigenvalue weighted by Crippen LogP contribution is 2.29. The second-order valence-corrected chi connectivity index (χ2v) is 5.85. The Labute approximate surface area is 131 Å². The van der Waals surface area contributed by atoms with Crippen molar-refractivity contribution in [2.45, 2.75) is 47.0 Å². The summed E-state index contributed by atoms with van der Waals surface area (Å²) in [7, 11) is 0. The first-order chi connectivity index (χ1) is 10.5. The van der Waals surface area contributed by atoms with E-state index in [1.807, 2.05) is 39.0 Å². The number of hydrogen-bond acceptors (Lipinski definition) is 3.